The van der Waals surface area contributed by atoms with Gasteiger partial charge in [0, 0.05) is 49.8 Å². The third-order valence-corrected chi connectivity index (χ3v) is 9.28. The minimum absolute atomic E-state index is 0.00239. The number of fused-ring (bicyclic) bond motifs is 2. The van der Waals surface area contributed by atoms with E-state index < -0.39 is 0 Å². The molecule has 0 radical (unpaired) electrons. The van der Waals surface area contributed by atoms with Gasteiger partial charge in [-0.25, -0.2) is 4.39 Å². The summed E-state index contributed by atoms with van der Waals surface area (Å²) < 4.78 is 26.5. The molecule has 0 spiro atoms. The van der Waals surface area contributed by atoms with Gasteiger partial charge in [-0.05, 0) is 85.7 Å². The van der Waals surface area contributed by atoms with E-state index in [0.717, 1.165) is 35.1 Å². The lowest BCUT2D eigenvalue weighted by Gasteiger charge is -2.44. The van der Waals surface area contributed by atoms with Crippen molar-refractivity contribution in [1.82, 2.24) is 15.1 Å². The Bertz CT molecular complexity index is 1620. The standard InChI is InChI=1S/C36H39ClFN3O4/c1-22-16-31(37)34(17-23(22)2)45-15-14-44-29-12-8-25(9-13-29)30-18-27-20-40(24(3)42)21-33(39-27)35(30)36(43)41(28-10-11-28)19-26-6-4-5-7-32(26)38/h4-9,12-13,16-17,27-28,33,39H,10-11,14-15,18-21H2,1-3H3/t27-,33-/m1/s1. The van der Waals surface area contributed by atoms with Crippen LogP contribution in [0.5, 0.6) is 11.5 Å². The molecule has 2 amide bonds. The second kappa shape index (κ2) is 13.2. The van der Waals surface area contributed by atoms with Gasteiger partial charge in [-0.3, -0.25) is 9.59 Å². The molecule has 236 valence electrons. The lowest BCUT2D eigenvalue weighted by Crippen LogP contribution is -2.61. The second-order valence-electron chi connectivity index (χ2n) is 12.3. The number of hydrogen-bond donors (Lipinski definition) is 1. The first kappa shape index (κ1) is 31.1. The predicted octanol–water partition coefficient (Wildman–Crippen LogP) is 6.09. The second-order valence-corrected chi connectivity index (χ2v) is 12.7. The van der Waals surface area contributed by atoms with Gasteiger partial charge in [0.2, 0.25) is 5.91 Å². The molecule has 0 unspecified atom stereocenters. The van der Waals surface area contributed by atoms with Gasteiger partial charge >= 0.3 is 0 Å². The molecular weight excluding hydrogens is 593 g/mol. The topological polar surface area (TPSA) is 71.1 Å². The Balaban J connectivity index is 1.22. The Hall–Kier alpha value is -3.88. The van der Waals surface area contributed by atoms with Gasteiger partial charge in [-0.2, -0.15) is 0 Å². The Morgan fingerprint density at radius 3 is 2.42 bits per heavy atom. The molecule has 1 saturated carbocycles. The highest BCUT2D eigenvalue weighted by atomic mass is 35.5. The van der Waals surface area contributed by atoms with Crippen molar-refractivity contribution in [3.05, 3.63) is 99.3 Å². The molecule has 1 aliphatic carbocycles. The number of ether oxygens (including phenoxy) is 2. The van der Waals surface area contributed by atoms with Crippen molar-refractivity contribution in [2.75, 3.05) is 26.3 Å². The van der Waals surface area contributed by atoms with E-state index in [-0.39, 0.29) is 42.3 Å². The highest BCUT2D eigenvalue weighted by Gasteiger charge is 2.43. The maximum absolute atomic E-state index is 14.7. The largest absolute Gasteiger partial charge is 0.490 e. The molecule has 3 aromatic rings. The van der Waals surface area contributed by atoms with Gasteiger partial charge < -0.3 is 24.6 Å². The Kier molecular flexibility index (Phi) is 9.15. The van der Waals surface area contributed by atoms with Gasteiger partial charge in [-0.15, -0.1) is 0 Å². The average molecular weight is 632 g/mol. The summed E-state index contributed by atoms with van der Waals surface area (Å²) in [6, 6.07) is 18.1. The van der Waals surface area contributed by atoms with E-state index >= 15 is 0 Å². The van der Waals surface area contributed by atoms with Crippen LogP contribution in [0, 0.1) is 19.7 Å². The van der Waals surface area contributed by atoms with Gasteiger partial charge in [0.25, 0.3) is 5.91 Å². The van der Waals surface area contributed by atoms with Crippen LogP contribution in [0.4, 0.5) is 4.39 Å². The Labute approximate surface area is 268 Å². The highest BCUT2D eigenvalue weighted by molar-refractivity contribution is 6.32. The lowest BCUT2D eigenvalue weighted by molar-refractivity contribution is -0.132. The molecule has 45 heavy (non-hydrogen) atoms. The van der Waals surface area contributed by atoms with Crippen LogP contribution in [0.3, 0.4) is 0 Å². The van der Waals surface area contributed by atoms with Crippen molar-refractivity contribution >= 4 is 29.0 Å². The van der Waals surface area contributed by atoms with Crippen molar-refractivity contribution in [2.45, 2.75) is 64.7 Å². The predicted molar refractivity (Wildman–Crippen MR) is 173 cm³/mol. The first-order chi connectivity index (χ1) is 21.7. The van der Waals surface area contributed by atoms with E-state index in [1.54, 1.807) is 25.1 Å². The van der Waals surface area contributed by atoms with Crippen LogP contribution in [0.25, 0.3) is 5.57 Å². The molecule has 2 aliphatic heterocycles. The van der Waals surface area contributed by atoms with E-state index in [4.69, 9.17) is 21.1 Å². The zero-order valence-corrected chi connectivity index (χ0v) is 26.7. The van der Waals surface area contributed by atoms with Crippen LogP contribution < -0.4 is 14.8 Å². The molecule has 2 bridgehead atoms. The summed E-state index contributed by atoms with van der Waals surface area (Å²) in [6.45, 7) is 7.50. The number of nitrogens with one attached hydrogen (secondary N) is 1. The molecule has 2 fully saturated rings. The minimum atomic E-state index is -0.314. The summed E-state index contributed by atoms with van der Waals surface area (Å²) in [4.78, 5) is 30.4. The van der Waals surface area contributed by atoms with Gasteiger partial charge in [0.05, 0.1) is 11.1 Å². The number of amides is 2. The van der Waals surface area contributed by atoms with E-state index in [2.05, 4.69) is 5.32 Å². The quantitative estimate of drug-likeness (QED) is 0.274. The van der Waals surface area contributed by atoms with Crippen LogP contribution in [0.15, 0.2) is 66.2 Å². The zero-order valence-electron chi connectivity index (χ0n) is 25.9. The molecular formula is C36H39ClFN3O4. The summed E-state index contributed by atoms with van der Waals surface area (Å²) in [7, 11) is 0. The van der Waals surface area contributed by atoms with Crippen LogP contribution in [-0.2, 0) is 16.1 Å². The number of carbonyl (C=O) groups is 2. The molecule has 1 saturated heterocycles. The lowest BCUT2D eigenvalue weighted by atomic mass is 9.82. The van der Waals surface area contributed by atoms with E-state index in [0.29, 0.717) is 60.4 Å². The third kappa shape index (κ3) is 7.02. The zero-order chi connectivity index (χ0) is 31.7. The van der Waals surface area contributed by atoms with E-state index in [1.165, 1.54) is 6.07 Å². The first-order valence-electron chi connectivity index (χ1n) is 15.6. The highest BCUT2D eigenvalue weighted by Crippen LogP contribution is 2.38. The molecule has 1 N–H and O–H groups in total. The molecule has 3 aromatic carbocycles. The number of carbonyl (C=O) groups excluding carboxylic acids is 2. The van der Waals surface area contributed by atoms with E-state index in [9.17, 15) is 14.0 Å². The summed E-state index contributed by atoms with van der Waals surface area (Å²) >= 11 is 6.33. The first-order valence-corrected chi connectivity index (χ1v) is 16.0. The number of aryl methyl sites for hydroxylation is 2. The number of hydrogen-bond acceptors (Lipinski definition) is 5. The van der Waals surface area contributed by atoms with Gasteiger partial charge in [0.1, 0.15) is 30.5 Å². The van der Waals surface area contributed by atoms with Crippen LogP contribution in [-0.4, -0.2) is 66.0 Å². The van der Waals surface area contributed by atoms with Crippen molar-refractivity contribution in [2.24, 2.45) is 0 Å². The minimum Gasteiger partial charge on any atom is -0.490 e. The normalized spacial score (nSPS) is 19.4. The maximum atomic E-state index is 14.7. The van der Waals surface area contributed by atoms with Crippen LogP contribution in [0.1, 0.15) is 48.4 Å². The number of rotatable bonds is 10. The number of benzene rings is 3. The smallest absolute Gasteiger partial charge is 0.252 e. The monoisotopic (exact) mass is 631 g/mol. The molecule has 2 heterocycles. The molecule has 7 nitrogen and oxygen atoms in total. The Morgan fingerprint density at radius 2 is 1.71 bits per heavy atom. The van der Waals surface area contributed by atoms with Crippen LogP contribution in [0.2, 0.25) is 5.02 Å². The number of halogens is 2. The molecule has 9 heteroatoms. The van der Waals surface area contributed by atoms with Crippen molar-refractivity contribution in [3.8, 4) is 11.5 Å². The fraction of sp³-hybridized carbons (Fsp3) is 0.389. The SMILES string of the molecule is CC(=O)N1C[C@H]2CC(c3ccc(OCCOc4cc(C)c(C)cc4Cl)cc3)=C(C(=O)N(Cc3ccccc3F)C3CC3)[C@@H](C1)N2. The fourth-order valence-corrected chi connectivity index (χ4v) is 6.54. The molecule has 0 aromatic heterocycles. The van der Waals surface area contributed by atoms with Crippen molar-refractivity contribution in [1.29, 1.82) is 0 Å². The van der Waals surface area contributed by atoms with E-state index in [1.807, 2.05) is 60.0 Å². The molecule has 3 aliphatic rings. The van der Waals surface area contributed by atoms with Gasteiger partial charge in [0.15, 0.2) is 0 Å². The van der Waals surface area contributed by atoms with Gasteiger partial charge in [-0.1, -0.05) is 41.9 Å². The number of nitrogens with zero attached hydrogens (tertiary/aromatic N) is 2. The Morgan fingerprint density at radius 1 is 1.00 bits per heavy atom. The average Bonchev–Trinajstić information content (AvgIpc) is 3.86. The summed E-state index contributed by atoms with van der Waals surface area (Å²) in [5.41, 5.74) is 5.30. The van der Waals surface area contributed by atoms with Crippen LogP contribution >= 0.6 is 11.6 Å². The number of piperazine rings is 1. The summed E-state index contributed by atoms with van der Waals surface area (Å²) in [6.07, 6.45) is 2.40. The third-order valence-electron chi connectivity index (χ3n) is 8.99. The fourth-order valence-electron chi connectivity index (χ4n) is 6.27. The summed E-state index contributed by atoms with van der Waals surface area (Å²) in [5, 5.41) is 4.18. The maximum Gasteiger partial charge on any atom is 0.252 e. The molecule has 6 rings (SSSR count). The molecule has 2 atom stereocenters. The van der Waals surface area contributed by atoms with Crippen molar-refractivity contribution < 1.29 is 23.5 Å². The summed E-state index contributed by atoms with van der Waals surface area (Å²) in [5.74, 6) is 0.915. The van der Waals surface area contributed by atoms with Crippen molar-refractivity contribution in [3.63, 3.8) is 0 Å².